The van der Waals surface area contributed by atoms with Gasteiger partial charge in [-0.25, -0.2) is 9.97 Å². The minimum atomic E-state index is -0.00224. The summed E-state index contributed by atoms with van der Waals surface area (Å²) >= 11 is 6.51. The lowest BCUT2D eigenvalue weighted by Gasteiger charge is -2.29. The first-order valence-electron chi connectivity index (χ1n) is 11.4. The number of methoxy groups -OCH3 is 1. The minimum Gasteiger partial charge on any atom is -0.491 e. The maximum Gasteiger partial charge on any atom is 0.150 e. The van der Waals surface area contributed by atoms with Crippen LogP contribution in [0.1, 0.15) is 0 Å². The highest BCUT2D eigenvalue weighted by molar-refractivity contribution is 6.35. The van der Waals surface area contributed by atoms with E-state index in [1.54, 1.807) is 7.11 Å². The summed E-state index contributed by atoms with van der Waals surface area (Å²) in [6.07, 6.45) is 3.55. The van der Waals surface area contributed by atoms with Gasteiger partial charge in [0.15, 0.2) is 0 Å². The second-order valence-electron chi connectivity index (χ2n) is 8.22. The summed E-state index contributed by atoms with van der Waals surface area (Å²) in [5, 5.41) is 1.26. The maximum absolute atomic E-state index is 6.51. The Bertz CT molecular complexity index is 1220. The molecule has 0 bridgehead atoms. The number of benzene rings is 2. The molecule has 0 saturated carbocycles. The summed E-state index contributed by atoms with van der Waals surface area (Å²) in [7, 11) is 1.73. The van der Waals surface area contributed by atoms with Crippen LogP contribution in [-0.2, 0) is 9.47 Å². The van der Waals surface area contributed by atoms with E-state index < -0.39 is 0 Å². The van der Waals surface area contributed by atoms with E-state index in [0.29, 0.717) is 11.8 Å². The van der Waals surface area contributed by atoms with Gasteiger partial charge in [-0.3, -0.25) is 4.90 Å². The van der Waals surface area contributed by atoms with Crippen LogP contribution in [0, 0.1) is 0 Å². The van der Waals surface area contributed by atoms with Crippen LogP contribution in [0.2, 0.25) is 5.15 Å². The summed E-state index contributed by atoms with van der Waals surface area (Å²) in [4.78, 5) is 11.1. The third-order valence-electron chi connectivity index (χ3n) is 6.07. The third kappa shape index (κ3) is 4.93. The Hall–Kier alpha value is -2.97. The molecule has 8 heteroatoms. The largest absolute Gasteiger partial charge is 0.491 e. The summed E-state index contributed by atoms with van der Waals surface area (Å²) in [5.74, 6) is 0.793. The molecule has 1 atom stereocenters. The van der Waals surface area contributed by atoms with E-state index in [9.17, 15) is 0 Å². The topological polar surface area (TPSA) is 61.6 Å². The van der Waals surface area contributed by atoms with Crippen molar-refractivity contribution in [3.8, 4) is 22.6 Å². The van der Waals surface area contributed by atoms with Crippen LogP contribution in [0.3, 0.4) is 0 Å². The van der Waals surface area contributed by atoms with Gasteiger partial charge in [-0.15, -0.1) is 0 Å². The molecule has 3 heterocycles. The Labute approximate surface area is 203 Å². The Kier molecular flexibility index (Phi) is 7.06. The molecule has 7 nitrogen and oxygen atoms in total. The Morgan fingerprint density at radius 3 is 2.53 bits per heavy atom. The number of rotatable bonds is 8. The molecular weight excluding hydrogens is 452 g/mol. The van der Waals surface area contributed by atoms with Crippen molar-refractivity contribution in [3.05, 3.63) is 72.3 Å². The minimum absolute atomic E-state index is 0.00224. The molecular formula is C26H27ClN4O3. The van der Waals surface area contributed by atoms with E-state index in [0.717, 1.165) is 66.4 Å². The van der Waals surface area contributed by atoms with Gasteiger partial charge in [0.1, 0.15) is 35.6 Å². The first-order valence-corrected chi connectivity index (χ1v) is 11.7. The highest BCUT2D eigenvalue weighted by Crippen LogP contribution is 2.35. The lowest BCUT2D eigenvalue weighted by Crippen LogP contribution is -2.43. The van der Waals surface area contributed by atoms with Gasteiger partial charge in [0.25, 0.3) is 0 Å². The van der Waals surface area contributed by atoms with E-state index in [-0.39, 0.29) is 6.10 Å². The second-order valence-corrected chi connectivity index (χ2v) is 8.58. The van der Waals surface area contributed by atoms with Gasteiger partial charge in [0, 0.05) is 44.2 Å². The molecule has 1 unspecified atom stereocenters. The van der Waals surface area contributed by atoms with Crippen molar-refractivity contribution >= 4 is 22.6 Å². The summed E-state index contributed by atoms with van der Waals surface area (Å²) in [5.41, 5.74) is 3.77. The fourth-order valence-corrected chi connectivity index (χ4v) is 4.45. The molecule has 0 aliphatic carbocycles. The van der Waals surface area contributed by atoms with Gasteiger partial charge in [-0.05, 0) is 29.8 Å². The maximum atomic E-state index is 6.51. The molecule has 5 rings (SSSR count). The third-order valence-corrected chi connectivity index (χ3v) is 6.36. The highest BCUT2D eigenvalue weighted by Gasteiger charge is 2.18. The predicted molar refractivity (Wildman–Crippen MR) is 133 cm³/mol. The molecule has 1 aliphatic rings. The highest BCUT2D eigenvalue weighted by atomic mass is 35.5. The number of aromatic nitrogens is 3. The average Bonchev–Trinajstić information content (AvgIpc) is 3.29. The second kappa shape index (κ2) is 10.5. The number of fused-ring (bicyclic) bond motifs is 1. The Morgan fingerprint density at radius 1 is 1.03 bits per heavy atom. The Balaban J connectivity index is 1.35. The van der Waals surface area contributed by atoms with Crippen LogP contribution < -0.4 is 4.74 Å². The first kappa shape index (κ1) is 22.8. The summed E-state index contributed by atoms with van der Waals surface area (Å²) in [6, 6.07) is 18.1. The normalized spacial score (nSPS) is 15.5. The number of ether oxygens (including phenoxy) is 3. The van der Waals surface area contributed by atoms with Crippen molar-refractivity contribution in [1.29, 1.82) is 0 Å². The quantitative estimate of drug-likeness (QED) is 0.348. The molecule has 176 valence electrons. The number of hydrogen-bond acceptors (Lipinski definition) is 6. The fourth-order valence-electron chi connectivity index (χ4n) is 4.22. The molecule has 4 aromatic rings. The lowest BCUT2D eigenvalue weighted by atomic mass is 10.1. The van der Waals surface area contributed by atoms with Crippen molar-refractivity contribution in [1.82, 2.24) is 19.4 Å². The van der Waals surface area contributed by atoms with Crippen LogP contribution in [-0.4, -0.2) is 72.1 Å². The zero-order valence-electron chi connectivity index (χ0n) is 19.1. The molecule has 0 spiro atoms. The summed E-state index contributed by atoms with van der Waals surface area (Å²) in [6.45, 7) is 4.72. The standard InChI is InChI=1S/C26H27ClN4O3/c1-32-22(15-30-11-13-33-14-12-30)17-34-21-9-7-19(8-10-21)23-16-31(20-5-3-2-4-6-20)26-24(23)25(27)28-18-29-26/h2-10,16,18,22H,11-15,17H2,1H3. The number of halogens is 1. The molecule has 0 N–H and O–H groups in total. The van der Waals surface area contributed by atoms with E-state index in [1.165, 1.54) is 6.33 Å². The van der Waals surface area contributed by atoms with Crippen molar-refractivity contribution < 1.29 is 14.2 Å². The Morgan fingerprint density at radius 2 is 1.79 bits per heavy atom. The van der Waals surface area contributed by atoms with Crippen LogP contribution in [0.4, 0.5) is 0 Å². The lowest BCUT2D eigenvalue weighted by molar-refractivity contribution is -0.0107. The molecule has 2 aromatic carbocycles. The molecule has 1 saturated heterocycles. The van der Waals surface area contributed by atoms with Crippen LogP contribution >= 0.6 is 11.6 Å². The van der Waals surface area contributed by atoms with Crippen LogP contribution in [0.25, 0.3) is 27.8 Å². The average molecular weight is 479 g/mol. The summed E-state index contributed by atoms with van der Waals surface area (Å²) < 4.78 is 19.1. The van der Waals surface area contributed by atoms with Gasteiger partial charge < -0.3 is 18.8 Å². The zero-order chi connectivity index (χ0) is 23.3. The number of nitrogens with zero attached hydrogens (tertiary/aromatic N) is 4. The fraction of sp³-hybridized carbons (Fsp3) is 0.308. The SMILES string of the molecule is COC(COc1ccc(-c2cn(-c3ccccc3)c3ncnc(Cl)c23)cc1)CN1CCOCC1. The first-order chi connectivity index (χ1) is 16.7. The van der Waals surface area contributed by atoms with Crippen molar-refractivity contribution in [3.63, 3.8) is 0 Å². The molecule has 34 heavy (non-hydrogen) atoms. The molecule has 1 fully saturated rings. The van der Waals surface area contributed by atoms with Crippen molar-refractivity contribution in [2.24, 2.45) is 0 Å². The predicted octanol–water partition coefficient (Wildman–Crippen LogP) is 4.47. The molecule has 2 aromatic heterocycles. The number of para-hydroxylation sites is 1. The van der Waals surface area contributed by atoms with E-state index in [4.69, 9.17) is 25.8 Å². The van der Waals surface area contributed by atoms with Crippen LogP contribution in [0.5, 0.6) is 5.75 Å². The smallest absolute Gasteiger partial charge is 0.150 e. The van der Waals surface area contributed by atoms with Gasteiger partial charge in [0.2, 0.25) is 0 Å². The van der Waals surface area contributed by atoms with Crippen molar-refractivity contribution in [2.45, 2.75) is 6.10 Å². The van der Waals surface area contributed by atoms with Gasteiger partial charge >= 0.3 is 0 Å². The van der Waals surface area contributed by atoms with Crippen LogP contribution in [0.15, 0.2) is 67.1 Å². The van der Waals surface area contributed by atoms with E-state index in [1.807, 2.05) is 59.2 Å². The number of hydrogen-bond donors (Lipinski definition) is 0. The monoisotopic (exact) mass is 478 g/mol. The molecule has 1 aliphatic heterocycles. The van der Waals surface area contributed by atoms with Crippen molar-refractivity contribution in [2.75, 3.05) is 46.6 Å². The number of morpholine rings is 1. The van der Waals surface area contributed by atoms with Gasteiger partial charge in [-0.2, -0.15) is 0 Å². The molecule has 0 amide bonds. The van der Waals surface area contributed by atoms with E-state index in [2.05, 4.69) is 21.1 Å². The van der Waals surface area contributed by atoms with E-state index >= 15 is 0 Å². The zero-order valence-corrected chi connectivity index (χ0v) is 19.8. The van der Waals surface area contributed by atoms with Gasteiger partial charge in [0.05, 0.1) is 18.6 Å². The van der Waals surface area contributed by atoms with Gasteiger partial charge in [-0.1, -0.05) is 41.9 Å². The molecule has 0 radical (unpaired) electrons.